The summed E-state index contributed by atoms with van der Waals surface area (Å²) in [4.78, 5) is 27.2. The van der Waals surface area contributed by atoms with Gasteiger partial charge in [-0.05, 0) is 62.9 Å². The van der Waals surface area contributed by atoms with Crippen molar-refractivity contribution in [3.8, 4) is 11.8 Å². The van der Waals surface area contributed by atoms with Crippen molar-refractivity contribution in [1.82, 2.24) is 10.4 Å². The van der Waals surface area contributed by atoms with Crippen LogP contribution >= 0.6 is 11.8 Å². The molecule has 1 unspecified atom stereocenters. The van der Waals surface area contributed by atoms with Gasteiger partial charge in [0.2, 0.25) is 0 Å². The van der Waals surface area contributed by atoms with E-state index in [1.165, 1.54) is 16.7 Å². The third-order valence-corrected chi connectivity index (χ3v) is 6.70. The van der Waals surface area contributed by atoms with E-state index in [9.17, 15) is 14.8 Å². The molecule has 2 aromatic carbocycles. The number of thioether (sulfide) groups is 1. The maximum Gasteiger partial charge on any atom is 0.412 e. The molecule has 0 saturated heterocycles. The van der Waals surface area contributed by atoms with Gasteiger partial charge in [-0.3, -0.25) is 14.9 Å². The highest BCUT2D eigenvalue weighted by molar-refractivity contribution is 8.01. The minimum Gasteiger partial charge on any atom is -0.444 e. The van der Waals surface area contributed by atoms with E-state index in [1.807, 2.05) is 55.5 Å². The summed E-state index contributed by atoms with van der Waals surface area (Å²) in [5, 5.41) is 9.67. The molecule has 3 rings (SSSR count). The fraction of sp³-hybridized carbons (Fsp3) is 0.385. The molecule has 174 valence electrons. The van der Waals surface area contributed by atoms with Crippen LogP contribution in [0.2, 0.25) is 0 Å². The van der Waals surface area contributed by atoms with E-state index in [-0.39, 0.29) is 13.0 Å². The first-order valence-electron chi connectivity index (χ1n) is 10.9. The average molecular weight is 467 g/mol. The molecule has 2 N–H and O–H groups in total. The summed E-state index contributed by atoms with van der Waals surface area (Å²) in [5.74, 6) is 5.28. The summed E-state index contributed by atoms with van der Waals surface area (Å²) in [7, 11) is 0. The molecule has 1 heterocycles. The highest BCUT2D eigenvalue weighted by Gasteiger charge is 2.51. The lowest BCUT2D eigenvalue weighted by atomic mass is 9.93. The van der Waals surface area contributed by atoms with Gasteiger partial charge in [0.15, 0.2) is 4.87 Å². The van der Waals surface area contributed by atoms with Gasteiger partial charge >= 0.3 is 6.09 Å². The van der Waals surface area contributed by atoms with Gasteiger partial charge in [-0.2, -0.15) is 0 Å². The zero-order valence-corrected chi connectivity index (χ0v) is 20.3. The quantitative estimate of drug-likeness (QED) is 0.371. The molecule has 33 heavy (non-hydrogen) atoms. The van der Waals surface area contributed by atoms with E-state index in [4.69, 9.17) is 4.74 Å². The monoisotopic (exact) mass is 466 g/mol. The zero-order chi connectivity index (χ0) is 24.1. The second kappa shape index (κ2) is 10.3. The van der Waals surface area contributed by atoms with Gasteiger partial charge in [-0.15, -0.1) is 11.8 Å². The van der Waals surface area contributed by atoms with Gasteiger partial charge in [-0.1, -0.05) is 48.2 Å². The molecule has 1 aliphatic heterocycles. The Balaban J connectivity index is 2.00. The SMILES string of the molecule is CC#CCCc1ccc(SC2(C(=O)NO)Cc3ccccc3CN2C(=O)OC(C)(C)C)cc1. The van der Waals surface area contributed by atoms with Gasteiger partial charge < -0.3 is 4.74 Å². The van der Waals surface area contributed by atoms with E-state index in [0.717, 1.165) is 34.4 Å². The van der Waals surface area contributed by atoms with E-state index >= 15 is 0 Å². The maximum absolute atomic E-state index is 13.3. The Morgan fingerprint density at radius 3 is 2.42 bits per heavy atom. The van der Waals surface area contributed by atoms with Crippen molar-refractivity contribution in [2.75, 3.05) is 0 Å². The molecule has 7 heteroatoms. The normalized spacial score (nSPS) is 17.4. The number of hydrogen-bond donors (Lipinski definition) is 2. The Hall–Kier alpha value is -2.95. The summed E-state index contributed by atoms with van der Waals surface area (Å²) >= 11 is 1.23. The van der Waals surface area contributed by atoms with Crippen molar-refractivity contribution in [3.63, 3.8) is 0 Å². The van der Waals surface area contributed by atoms with Crippen LogP contribution in [0.4, 0.5) is 4.79 Å². The number of fused-ring (bicyclic) bond motifs is 1. The van der Waals surface area contributed by atoms with Crippen molar-refractivity contribution in [3.05, 3.63) is 65.2 Å². The van der Waals surface area contributed by atoms with Crippen molar-refractivity contribution in [1.29, 1.82) is 0 Å². The molecule has 0 radical (unpaired) electrons. The molecule has 0 bridgehead atoms. The van der Waals surface area contributed by atoms with Crippen molar-refractivity contribution < 1.29 is 19.5 Å². The molecule has 0 fully saturated rings. The largest absolute Gasteiger partial charge is 0.444 e. The minimum atomic E-state index is -1.42. The molecule has 1 aliphatic rings. The Morgan fingerprint density at radius 2 is 1.82 bits per heavy atom. The standard InChI is InChI=1S/C26H30N2O4S/c1-5-6-7-10-19-13-15-22(16-14-19)33-26(23(29)27-31)17-20-11-8-9-12-21(20)18-28(26)24(30)32-25(2,3)4/h8-9,11-16,31H,7,10,17-18H2,1-4H3,(H,27,29). The lowest BCUT2D eigenvalue weighted by molar-refractivity contribution is -0.137. The number of rotatable bonds is 5. The molecule has 0 saturated carbocycles. The Bertz CT molecular complexity index is 1070. The minimum absolute atomic E-state index is 0.194. The van der Waals surface area contributed by atoms with Crippen LogP contribution in [0.25, 0.3) is 0 Å². The lowest BCUT2D eigenvalue weighted by Crippen LogP contribution is -2.61. The number of amides is 2. The molecular formula is C26H30N2O4S. The van der Waals surface area contributed by atoms with E-state index in [2.05, 4.69) is 11.8 Å². The molecule has 0 aliphatic carbocycles. The van der Waals surface area contributed by atoms with Gasteiger partial charge in [0.1, 0.15) is 5.60 Å². The van der Waals surface area contributed by atoms with Gasteiger partial charge in [-0.25, -0.2) is 10.3 Å². The summed E-state index contributed by atoms with van der Waals surface area (Å²) in [6, 6.07) is 15.5. The topological polar surface area (TPSA) is 78.9 Å². The van der Waals surface area contributed by atoms with Gasteiger partial charge in [0.05, 0.1) is 6.54 Å². The highest BCUT2D eigenvalue weighted by Crippen LogP contribution is 2.44. The van der Waals surface area contributed by atoms with Crippen LogP contribution in [-0.2, 0) is 28.9 Å². The number of hydrogen-bond acceptors (Lipinski definition) is 5. The second-order valence-corrected chi connectivity index (χ2v) is 10.3. The maximum atomic E-state index is 13.3. The Labute approximate surface area is 199 Å². The van der Waals surface area contributed by atoms with Crippen LogP contribution < -0.4 is 5.48 Å². The summed E-state index contributed by atoms with van der Waals surface area (Å²) in [6.45, 7) is 7.37. The van der Waals surface area contributed by atoms with Crippen molar-refractivity contribution >= 4 is 23.8 Å². The molecule has 0 aromatic heterocycles. The van der Waals surface area contributed by atoms with Crippen LogP contribution in [0.5, 0.6) is 0 Å². The first kappa shape index (κ1) is 24.7. The number of hydroxylamine groups is 1. The summed E-state index contributed by atoms with van der Waals surface area (Å²) < 4.78 is 5.65. The fourth-order valence-electron chi connectivity index (χ4n) is 3.74. The molecule has 6 nitrogen and oxygen atoms in total. The molecule has 0 spiro atoms. The number of carbonyl (C=O) groups excluding carboxylic acids is 2. The number of nitrogens with one attached hydrogen (secondary N) is 1. The zero-order valence-electron chi connectivity index (χ0n) is 19.5. The first-order valence-corrected chi connectivity index (χ1v) is 11.7. The third kappa shape index (κ3) is 5.89. The van der Waals surface area contributed by atoms with Crippen LogP contribution in [0.15, 0.2) is 53.4 Å². The number of benzene rings is 2. The second-order valence-electron chi connectivity index (χ2n) is 8.91. The predicted molar refractivity (Wildman–Crippen MR) is 129 cm³/mol. The Kier molecular flexibility index (Phi) is 7.72. The smallest absolute Gasteiger partial charge is 0.412 e. The third-order valence-electron chi connectivity index (χ3n) is 5.31. The van der Waals surface area contributed by atoms with Crippen LogP contribution in [-0.4, -0.2) is 32.6 Å². The van der Waals surface area contributed by atoms with Crippen molar-refractivity contribution in [2.45, 2.75) is 68.9 Å². The molecule has 2 aromatic rings. The number of nitrogens with zero attached hydrogens (tertiary/aromatic N) is 1. The van der Waals surface area contributed by atoms with Gasteiger partial charge in [0.25, 0.3) is 5.91 Å². The molecule has 2 amide bonds. The van der Waals surface area contributed by atoms with Crippen molar-refractivity contribution in [2.24, 2.45) is 0 Å². The summed E-state index contributed by atoms with van der Waals surface area (Å²) in [6.07, 6.45) is 1.24. The van der Waals surface area contributed by atoms with E-state index in [1.54, 1.807) is 26.3 Å². The number of aryl methyl sites for hydroxylation is 1. The number of carbonyl (C=O) groups is 2. The van der Waals surface area contributed by atoms with E-state index < -0.39 is 22.5 Å². The lowest BCUT2D eigenvalue weighted by Gasteiger charge is -2.45. The van der Waals surface area contributed by atoms with Crippen LogP contribution in [0.1, 0.15) is 50.8 Å². The van der Waals surface area contributed by atoms with Gasteiger partial charge in [0, 0.05) is 17.7 Å². The first-order chi connectivity index (χ1) is 15.7. The number of ether oxygens (including phenoxy) is 1. The molecular weight excluding hydrogens is 436 g/mol. The van der Waals surface area contributed by atoms with E-state index in [0.29, 0.717) is 0 Å². The summed E-state index contributed by atoms with van der Waals surface area (Å²) in [5.41, 5.74) is 4.09. The average Bonchev–Trinajstić information content (AvgIpc) is 2.78. The Morgan fingerprint density at radius 1 is 1.15 bits per heavy atom. The fourth-order valence-corrected chi connectivity index (χ4v) is 5.02. The predicted octanol–water partition coefficient (Wildman–Crippen LogP) is 4.93. The molecule has 1 atom stereocenters. The van der Waals surface area contributed by atoms with Crippen LogP contribution in [0.3, 0.4) is 0 Å². The highest BCUT2D eigenvalue weighted by atomic mass is 32.2. The van der Waals surface area contributed by atoms with Crippen LogP contribution in [0, 0.1) is 11.8 Å².